The first kappa shape index (κ1) is 15.7. The molecule has 0 radical (unpaired) electrons. The second-order valence-electron chi connectivity index (χ2n) is 3.44. The lowest BCUT2D eigenvalue weighted by atomic mass is 10.3. The number of anilines is 1. The van der Waals surface area contributed by atoms with E-state index in [0.29, 0.717) is 5.69 Å². The number of allylic oxidation sites excluding steroid dienone is 2. The molecule has 0 saturated heterocycles. The maximum absolute atomic E-state index is 11.8. The van der Waals surface area contributed by atoms with Gasteiger partial charge in [0.2, 0.25) is 0 Å². The van der Waals surface area contributed by atoms with E-state index in [4.69, 9.17) is 4.18 Å². The summed E-state index contributed by atoms with van der Waals surface area (Å²) in [6.45, 7) is 1.88. The molecule has 1 unspecified atom stereocenters. The van der Waals surface area contributed by atoms with Crippen LogP contribution in [0.5, 0.6) is 0 Å². The van der Waals surface area contributed by atoms with Crippen LogP contribution in [0, 0.1) is 0 Å². The zero-order chi connectivity index (χ0) is 14.1. The van der Waals surface area contributed by atoms with Gasteiger partial charge in [0.05, 0.1) is 12.5 Å². The third kappa shape index (κ3) is 6.37. The molecule has 0 saturated carbocycles. The molecule has 19 heavy (non-hydrogen) atoms. The molecule has 1 rings (SSSR count). The first-order valence-corrected chi connectivity index (χ1v) is 8.38. The number of hydrogen-bond donors (Lipinski definition) is 1. The Hall–Kier alpha value is -1.37. The van der Waals surface area contributed by atoms with Crippen molar-refractivity contribution < 1.29 is 12.6 Å². The molecule has 0 aliphatic carbocycles. The van der Waals surface area contributed by atoms with Gasteiger partial charge in [-0.1, -0.05) is 24.3 Å². The molecule has 0 spiro atoms. The summed E-state index contributed by atoms with van der Waals surface area (Å²) in [6, 6.07) is 8.73. The molecule has 0 heterocycles. The van der Waals surface area contributed by atoms with Gasteiger partial charge in [-0.3, -0.25) is 4.72 Å². The third-order valence-electron chi connectivity index (χ3n) is 1.97. The molecular formula is C13H17NO3S2. The SMILES string of the molecule is C\C=C/S(=C\C=C\S(=O)(=O)Nc1ccccc1)OC. The summed E-state index contributed by atoms with van der Waals surface area (Å²) in [5.41, 5.74) is 0.534. The molecule has 0 amide bonds. The predicted octanol–water partition coefficient (Wildman–Crippen LogP) is 3.11. The van der Waals surface area contributed by atoms with E-state index in [0.717, 1.165) is 5.41 Å². The van der Waals surface area contributed by atoms with E-state index in [2.05, 4.69) is 4.72 Å². The second-order valence-corrected chi connectivity index (χ2v) is 6.54. The topological polar surface area (TPSA) is 55.4 Å². The monoisotopic (exact) mass is 299 g/mol. The van der Waals surface area contributed by atoms with Gasteiger partial charge in [-0.15, -0.1) is 0 Å². The van der Waals surface area contributed by atoms with Gasteiger partial charge >= 0.3 is 0 Å². The Labute approximate surface area is 117 Å². The molecule has 1 N–H and O–H groups in total. The number of nitrogens with one attached hydrogen (secondary N) is 1. The fourth-order valence-electron chi connectivity index (χ4n) is 1.21. The van der Waals surface area contributed by atoms with Crippen molar-refractivity contribution in [1.82, 2.24) is 0 Å². The summed E-state index contributed by atoms with van der Waals surface area (Å²) in [4.78, 5) is 0. The molecule has 0 aromatic heterocycles. The minimum absolute atomic E-state index is 0.497. The van der Waals surface area contributed by atoms with Crippen LogP contribution in [0.25, 0.3) is 0 Å². The normalized spacial score (nSPS) is 14.2. The number of sulfonamides is 1. The first-order valence-electron chi connectivity index (χ1n) is 5.56. The van der Waals surface area contributed by atoms with Gasteiger partial charge in [-0.2, -0.15) is 0 Å². The highest BCUT2D eigenvalue weighted by Crippen LogP contribution is 2.13. The maximum Gasteiger partial charge on any atom is 0.255 e. The second kappa shape index (κ2) is 7.93. The van der Waals surface area contributed by atoms with Gasteiger partial charge < -0.3 is 4.18 Å². The van der Waals surface area contributed by atoms with Crippen LogP contribution in [-0.2, 0) is 14.2 Å². The van der Waals surface area contributed by atoms with E-state index >= 15 is 0 Å². The molecule has 4 nitrogen and oxygen atoms in total. The number of rotatable bonds is 6. The molecule has 0 aliphatic heterocycles. The van der Waals surface area contributed by atoms with Crippen LogP contribution in [0.3, 0.4) is 0 Å². The van der Waals surface area contributed by atoms with Crippen LogP contribution in [0.2, 0.25) is 0 Å². The highest BCUT2D eigenvalue weighted by Gasteiger charge is 2.03. The van der Waals surface area contributed by atoms with Crippen molar-refractivity contribution in [2.45, 2.75) is 6.92 Å². The van der Waals surface area contributed by atoms with E-state index < -0.39 is 20.8 Å². The summed E-state index contributed by atoms with van der Waals surface area (Å²) < 4.78 is 31.1. The van der Waals surface area contributed by atoms with Crippen LogP contribution < -0.4 is 4.72 Å². The van der Waals surface area contributed by atoms with E-state index in [1.807, 2.05) is 24.5 Å². The van der Waals surface area contributed by atoms with Gasteiger partial charge in [-0.05, 0) is 46.7 Å². The quantitative estimate of drug-likeness (QED) is 0.648. The molecule has 0 bridgehead atoms. The minimum Gasteiger partial charge on any atom is -0.322 e. The zero-order valence-electron chi connectivity index (χ0n) is 10.8. The van der Waals surface area contributed by atoms with Crippen molar-refractivity contribution in [3.8, 4) is 0 Å². The average Bonchev–Trinajstić information content (AvgIpc) is 2.38. The van der Waals surface area contributed by atoms with Gasteiger partial charge in [0, 0.05) is 5.69 Å². The van der Waals surface area contributed by atoms with Gasteiger partial charge in [0.25, 0.3) is 10.0 Å². The minimum atomic E-state index is -3.49. The molecule has 1 atom stereocenters. The Morgan fingerprint density at radius 1 is 1.26 bits per heavy atom. The Kier molecular flexibility index (Phi) is 6.55. The van der Waals surface area contributed by atoms with Crippen LogP contribution in [-0.4, -0.2) is 20.9 Å². The van der Waals surface area contributed by atoms with Crippen molar-refractivity contribution in [3.05, 3.63) is 53.3 Å². The first-order chi connectivity index (χ1) is 9.07. The van der Waals surface area contributed by atoms with Gasteiger partial charge in [0.15, 0.2) is 0 Å². The molecule has 1 aromatic carbocycles. The highest BCUT2D eigenvalue weighted by atomic mass is 32.2. The Balaban J connectivity index is 2.75. The molecule has 6 heteroatoms. The van der Waals surface area contributed by atoms with Crippen molar-refractivity contribution in [1.29, 1.82) is 0 Å². The van der Waals surface area contributed by atoms with Gasteiger partial charge in [0.1, 0.15) is 0 Å². The summed E-state index contributed by atoms with van der Waals surface area (Å²) in [5.74, 6) is 0. The van der Waals surface area contributed by atoms with Crippen molar-refractivity contribution in [3.63, 3.8) is 0 Å². The van der Waals surface area contributed by atoms with E-state index in [9.17, 15) is 8.42 Å². The van der Waals surface area contributed by atoms with Crippen LogP contribution in [0.1, 0.15) is 6.92 Å². The lowest BCUT2D eigenvalue weighted by Crippen LogP contribution is -2.08. The molecular weight excluding hydrogens is 282 g/mol. The third-order valence-corrected chi connectivity index (χ3v) is 4.35. The zero-order valence-corrected chi connectivity index (χ0v) is 12.4. The fraction of sp³-hybridized carbons (Fsp3) is 0.154. The van der Waals surface area contributed by atoms with E-state index in [-0.39, 0.29) is 0 Å². The summed E-state index contributed by atoms with van der Waals surface area (Å²) in [7, 11) is -2.41. The Bertz CT molecular complexity index is 575. The van der Waals surface area contributed by atoms with E-state index in [1.165, 1.54) is 6.08 Å². The maximum atomic E-state index is 11.8. The standard InChI is InChI=1S/C13H17NO3S2/c1-3-10-18(17-2)11-7-12-19(15,16)14-13-8-5-4-6-9-13/h3-12,14H,1-2H3/b10-3-,12-7+. The molecule has 1 aromatic rings. The van der Waals surface area contributed by atoms with Crippen LogP contribution in [0.4, 0.5) is 5.69 Å². The number of hydrogen-bond acceptors (Lipinski definition) is 3. The van der Waals surface area contributed by atoms with Crippen molar-refractivity contribution in [2.24, 2.45) is 0 Å². The lowest BCUT2D eigenvalue weighted by molar-refractivity contribution is 0.492. The van der Waals surface area contributed by atoms with Crippen LogP contribution in [0.15, 0.2) is 53.3 Å². The smallest absolute Gasteiger partial charge is 0.255 e. The molecule has 0 aliphatic rings. The fourth-order valence-corrected chi connectivity index (χ4v) is 2.94. The summed E-state index contributed by atoms with van der Waals surface area (Å²) >= 11 is 0. The van der Waals surface area contributed by atoms with Crippen molar-refractivity contribution in [2.75, 3.05) is 11.8 Å². The largest absolute Gasteiger partial charge is 0.322 e. The Morgan fingerprint density at radius 3 is 2.53 bits per heavy atom. The highest BCUT2D eigenvalue weighted by molar-refractivity contribution is 8.13. The number of para-hydroxylation sites is 1. The molecule has 0 fully saturated rings. The predicted molar refractivity (Wildman–Crippen MR) is 83.6 cm³/mol. The lowest BCUT2D eigenvalue weighted by Gasteiger charge is -2.03. The average molecular weight is 299 g/mol. The van der Waals surface area contributed by atoms with E-state index in [1.54, 1.807) is 36.7 Å². The summed E-state index contributed by atoms with van der Waals surface area (Å²) in [5, 5.41) is 4.65. The summed E-state index contributed by atoms with van der Waals surface area (Å²) in [6.07, 6.45) is 3.32. The molecule has 104 valence electrons. The Morgan fingerprint density at radius 2 is 1.95 bits per heavy atom. The van der Waals surface area contributed by atoms with Crippen LogP contribution >= 0.6 is 10.8 Å². The van der Waals surface area contributed by atoms with Gasteiger partial charge in [-0.25, -0.2) is 8.42 Å². The van der Waals surface area contributed by atoms with Crippen molar-refractivity contribution >= 4 is 31.8 Å². The number of benzene rings is 1.